The number of hydrogen-bond donors (Lipinski definition) is 0. The normalized spacial score (nSPS) is 12.3. The Morgan fingerprint density at radius 3 is 0.740 bits per heavy atom. The Hall–Kier alpha value is -12.8. The number of aromatic nitrogens is 6. The lowest BCUT2D eigenvalue weighted by molar-refractivity contribution is -0.137. The molecule has 7 nitrogen and oxygen atoms in total. The minimum Gasteiger partial charge on any atom is -0.309 e. The van der Waals surface area contributed by atoms with Crippen LogP contribution in [0.25, 0.3) is 176 Å². The molecule has 96 heavy (non-hydrogen) atoms. The number of halogens is 3. The molecule has 0 saturated heterocycles. The summed E-state index contributed by atoms with van der Waals surface area (Å²) in [6.07, 6.45) is -4.82. The van der Waals surface area contributed by atoms with E-state index in [1.54, 1.807) is 12.1 Å². The molecule has 0 bridgehead atoms. The molecule has 0 saturated carbocycles. The highest BCUT2D eigenvalue weighted by Crippen LogP contribution is 2.48. The van der Waals surface area contributed by atoms with E-state index in [0.29, 0.717) is 50.1 Å². The maximum Gasteiger partial charge on any atom is 0.416 e. The number of rotatable bonds is 7. The molecule has 6 aromatic heterocycles. The summed E-state index contributed by atoms with van der Waals surface area (Å²) in [6.45, 7) is 0. The SMILES string of the molecule is N#Cc1cccc(-c2c(-n3c4ccc(-n5c6ccccc6c6ccccc65)cc4c4cc(-n5c6ccccc6c6ccccc65)ccc43)cc(C(F)(F)F)cc2-n2c3ccc(-n4c5ccccc5c5ccccc54)cc3c3cc(-n4c5ccccc5c5ccccc54)ccc32)c1. The third-order valence-electron chi connectivity index (χ3n) is 20.0. The fraction of sp³-hybridized carbons (Fsp3) is 0.0116. The molecule has 20 aromatic rings. The van der Waals surface area contributed by atoms with Crippen LogP contribution in [0.2, 0.25) is 0 Å². The smallest absolute Gasteiger partial charge is 0.309 e. The van der Waals surface area contributed by atoms with E-state index in [2.05, 4.69) is 291 Å². The molecule has 14 aromatic carbocycles. The summed E-state index contributed by atoms with van der Waals surface area (Å²) in [5.41, 5.74) is 15.9. The second-order valence-electron chi connectivity index (χ2n) is 25.0. The largest absolute Gasteiger partial charge is 0.416 e. The summed E-state index contributed by atoms with van der Waals surface area (Å²) >= 11 is 0. The van der Waals surface area contributed by atoms with Crippen LogP contribution < -0.4 is 0 Å². The Morgan fingerprint density at radius 1 is 0.240 bits per heavy atom. The van der Waals surface area contributed by atoms with E-state index in [4.69, 9.17) is 0 Å². The number of benzene rings is 14. The van der Waals surface area contributed by atoms with Gasteiger partial charge in [-0.3, -0.25) is 0 Å². The minimum atomic E-state index is -4.82. The zero-order valence-corrected chi connectivity index (χ0v) is 51.1. The van der Waals surface area contributed by atoms with E-state index in [9.17, 15) is 5.26 Å². The van der Waals surface area contributed by atoms with Crippen LogP contribution in [0, 0.1) is 11.3 Å². The van der Waals surface area contributed by atoms with Crippen LogP contribution in [0.1, 0.15) is 11.1 Å². The molecule has 0 N–H and O–H groups in total. The molecule has 0 fully saturated rings. The van der Waals surface area contributed by atoms with Crippen LogP contribution in [-0.4, -0.2) is 27.4 Å². The number of hydrogen-bond acceptors (Lipinski definition) is 1. The molecule has 0 spiro atoms. The topological polar surface area (TPSA) is 53.4 Å². The van der Waals surface area contributed by atoms with Crippen molar-refractivity contribution in [2.75, 3.05) is 0 Å². The number of nitriles is 1. The van der Waals surface area contributed by atoms with E-state index in [1.165, 1.54) is 12.1 Å². The van der Waals surface area contributed by atoms with Crippen molar-refractivity contribution in [2.24, 2.45) is 0 Å². The van der Waals surface area contributed by atoms with Gasteiger partial charge in [-0.25, -0.2) is 0 Å². The van der Waals surface area contributed by atoms with Gasteiger partial charge >= 0.3 is 6.18 Å². The summed E-state index contributed by atoms with van der Waals surface area (Å²) in [7, 11) is 0. The highest BCUT2D eigenvalue weighted by molar-refractivity contribution is 6.17. The average Bonchev–Trinajstić information content (AvgIpc) is 1.54. The lowest BCUT2D eigenvalue weighted by Gasteiger charge is -2.23. The highest BCUT2D eigenvalue weighted by Gasteiger charge is 2.35. The number of alkyl halides is 3. The molecule has 0 aliphatic heterocycles. The fourth-order valence-corrected chi connectivity index (χ4v) is 16.0. The average molecular weight is 1240 g/mol. The molecule has 0 aliphatic rings. The van der Waals surface area contributed by atoms with Gasteiger partial charge in [0.25, 0.3) is 0 Å². The van der Waals surface area contributed by atoms with Gasteiger partial charge in [0.15, 0.2) is 0 Å². The zero-order chi connectivity index (χ0) is 63.7. The maximum atomic E-state index is 16.7. The molecule has 0 aliphatic carbocycles. The van der Waals surface area contributed by atoms with E-state index in [1.807, 2.05) is 21.3 Å². The van der Waals surface area contributed by atoms with Crippen molar-refractivity contribution in [1.82, 2.24) is 27.4 Å². The van der Waals surface area contributed by atoms with E-state index in [0.717, 1.165) is 132 Å². The minimum absolute atomic E-state index is 0.294. The lowest BCUT2D eigenvalue weighted by atomic mass is 9.96. The van der Waals surface area contributed by atoms with Crippen molar-refractivity contribution in [3.05, 3.63) is 314 Å². The Labute approximate surface area is 545 Å². The zero-order valence-electron chi connectivity index (χ0n) is 51.1. The van der Waals surface area contributed by atoms with Gasteiger partial charge in [-0.1, -0.05) is 158 Å². The second kappa shape index (κ2) is 20.1. The molecule has 0 radical (unpaired) electrons. The van der Waals surface area contributed by atoms with Crippen molar-refractivity contribution in [3.8, 4) is 51.3 Å². The van der Waals surface area contributed by atoms with E-state index in [-0.39, 0.29) is 0 Å². The Bertz CT molecular complexity index is 5870. The summed E-state index contributed by atoms with van der Waals surface area (Å²) in [6, 6.07) is 105. The first-order valence-electron chi connectivity index (χ1n) is 32.1. The fourth-order valence-electron chi connectivity index (χ4n) is 16.0. The van der Waals surface area contributed by atoms with Crippen molar-refractivity contribution in [2.45, 2.75) is 6.18 Å². The number of para-hydroxylation sites is 8. The van der Waals surface area contributed by atoms with E-state index < -0.39 is 11.7 Å². The predicted molar refractivity (Wildman–Crippen MR) is 388 cm³/mol. The van der Waals surface area contributed by atoms with Crippen LogP contribution >= 0.6 is 0 Å². The molecular formula is C86H50F3N7. The third-order valence-corrected chi connectivity index (χ3v) is 20.0. The van der Waals surface area contributed by atoms with Crippen molar-refractivity contribution >= 4 is 131 Å². The van der Waals surface area contributed by atoms with Gasteiger partial charge in [0.1, 0.15) is 0 Å². The Morgan fingerprint density at radius 2 is 0.490 bits per heavy atom. The molecule has 0 unspecified atom stereocenters. The van der Waals surface area contributed by atoms with Gasteiger partial charge in [0.05, 0.1) is 94.8 Å². The quantitative estimate of drug-likeness (QED) is 0.157. The van der Waals surface area contributed by atoms with Crippen molar-refractivity contribution in [3.63, 3.8) is 0 Å². The predicted octanol–water partition coefficient (Wildman–Crippen LogP) is 22.8. The van der Waals surface area contributed by atoms with Gasteiger partial charge in [0, 0.05) is 92.9 Å². The van der Waals surface area contributed by atoms with Crippen LogP contribution in [-0.2, 0) is 6.18 Å². The van der Waals surface area contributed by atoms with Crippen LogP contribution in [0.15, 0.2) is 303 Å². The molecule has 450 valence electrons. The molecule has 10 heteroatoms. The molecular weight excluding hydrogens is 1190 g/mol. The summed E-state index contributed by atoms with van der Waals surface area (Å²) < 4.78 is 63.4. The molecule has 0 amide bonds. The van der Waals surface area contributed by atoms with Crippen LogP contribution in [0.5, 0.6) is 0 Å². The van der Waals surface area contributed by atoms with Crippen LogP contribution in [0.4, 0.5) is 13.2 Å². The highest BCUT2D eigenvalue weighted by atomic mass is 19.4. The summed E-state index contributed by atoms with van der Waals surface area (Å²) in [4.78, 5) is 0. The monoisotopic (exact) mass is 1240 g/mol. The van der Waals surface area contributed by atoms with Gasteiger partial charge in [-0.05, 0) is 151 Å². The van der Waals surface area contributed by atoms with Gasteiger partial charge < -0.3 is 27.4 Å². The van der Waals surface area contributed by atoms with Crippen LogP contribution in [0.3, 0.4) is 0 Å². The number of nitrogens with zero attached hydrogens (tertiary/aromatic N) is 7. The van der Waals surface area contributed by atoms with Gasteiger partial charge in [-0.2, -0.15) is 18.4 Å². The Kier molecular flexibility index (Phi) is 11.3. The molecule has 6 heterocycles. The van der Waals surface area contributed by atoms with Gasteiger partial charge in [0.2, 0.25) is 0 Å². The first kappa shape index (κ1) is 53.8. The van der Waals surface area contributed by atoms with Crippen molar-refractivity contribution in [1.29, 1.82) is 5.26 Å². The van der Waals surface area contributed by atoms with E-state index >= 15 is 13.2 Å². The lowest BCUT2D eigenvalue weighted by Crippen LogP contribution is -2.11. The summed E-state index contributed by atoms with van der Waals surface area (Å²) in [5, 5.41) is 23.0. The standard InChI is InChI=1S/C86H50F3N7/c87-86(88,89)54-45-83(95-79-40-36-55(91-71-28-9-1-20-59(71)60-21-2-10-29-72(60)91)47-67(79)68-48-56(37-41-80(68)95)92-73-30-11-3-22-61(73)62-23-4-12-31-74(62)92)85(53-19-17-18-52(44-53)51-90)84(46-54)96-81-42-38-57(93-75-32-13-5-24-63(75)64-25-6-14-33-76(64)93)49-69(81)70-50-58(39-43-82(70)96)94-77-34-15-7-26-65(77)66-27-8-16-35-78(66)94/h1-50H. The first-order chi connectivity index (χ1) is 47.2. The second-order valence-corrected chi connectivity index (χ2v) is 25.0. The van der Waals surface area contributed by atoms with Gasteiger partial charge in [-0.15, -0.1) is 0 Å². The van der Waals surface area contributed by atoms with Crippen molar-refractivity contribution < 1.29 is 13.2 Å². The Balaban J connectivity index is 0.918. The first-order valence-corrected chi connectivity index (χ1v) is 32.1. The number of fused-ring (bicyclic) bond motifs is 18. The maximum absolute atomic E-state index is 16.7. The summed E-state index contributed by atoms with van der Waals surface area (Å²) in [5.74, 6) is 0. The molecule has 20 rings (SSSR count). The third kappa shape index (κ3) is 7.65. The molecule has 0 atom stereocenters.